The Hall–Kier alpha value is -4.02. The van der Waals surface area contributed by atoms with Crippen molar-refractivity contribution in [2.24, 2.45) is 12.5 Å². The Morgan fingerprint density at radius 2 is 2.02 bits per heavy atom. The molecule has 4 heterocycles. The largest absolute Gasteiger partial charge is 0.493 e. The highest BCUT2D eigenvalue weighted by Gasteiger charge is 2.49. The molecule has 222 valence electrons. The van der Waals surface area contributed by atoms with Gasteiger partial charge in [0.25, 0.3) is 0 Å². The van der Waals surface area contributed by atoms with Crippen LogP contribution in [0.2, 0.25) is 0 Å². The first-order valence-corrected chi connectivity index (χ1v) is 15.4. The number of fused-ring (bicyclic) bond motifs is 3. The lowest BCUT2D eigenvalue weighted by Gasteiger charge is -2.34. The van der Waals surface area contributed by atoms with E-state index in [9.17, 15) is 9.90 Å². The summed E-state index contributed by atoms with van der Waals surface area (Å²) in [4.78, 5) is 20.2. The van der Waals surface area contributed by atoms with Crippen molar-refractivity contribution in [2.75, 3.05) is 13.7 Å². The molecule has 1 fully saturated rings. The van der Waals surface area contributed by atoms with E-state index in [1.165, 1.54) is 17.4 Å². The zero-order valence-electron chi connectivity index (χ0n) is 25.0. The number of carbonyl (C=O) groups excluding carboxylic acids is 1. The highest BCUT2D eigenvalue weighted by atomic mass is 32.1. The summed E-state index contributed by atoms with van der Waals surface area (Å²) in [6, 6.07) is 14.2. The van der Waals surface area contributed by atoms with Crippen molar-refractivity contribution in [3.63, 3.8) is 0 Å². The summed E-state index contributed by atoms with van der Waals surface area (Å²) in [5.74, 6) is 0.185. The van der Waals surface area contributed by atoms with E-state index < -0.39 is 5.41 Å². The quantitative estimate of drug-likeness (QED) is 0.243. The van der Waals surface area contributed by atoms with Crippen molar-refractivity contribution in [3.8, 4) is 11.6 Å². The van der Waals surface area contributed by atoms with E-state index in [-0.39, 0.29) is 23.4 Å². The third-order valence-corrected chi connectivity index (χ3v) is 10.1. The van der Waals surface area contributed by atoms with Crippen LogP contribution in [0, 0.1) is 12.3 Å². The van der Waals surface area contributed by atoms with Gasteiger partial charge in [0.15, 0.2) is 0 Å². The average molecular weight is 598 g/mol. The van der Waals surface area contributed by atoms with E-state index in [2.05, 4.69) is 56.8 Å². The van der Waals surface area contributed by atoms with E-state index in [1.54, 1.807) is 22.1 Å². The molecule has 3 aromatic heterocycles. The summed E-state index contributed by atoms with van der Waals surface area (Å²) < 4.78 is 14.8. The fourth-order valence-electron chi connectivity index (χ4n) is 6.77. The Kier molecular flexibility index (Phi) is 6.48. The van der Waals surface area contributed by atoms with Gasteiger partial charge in [-0.2, -0.15) is 0 Å². The van der Waals surface area contributed by atoms with Crippen LogP contribution in [-0.2, 0) is 29.7 Å². The number of benzene rings is 2. The summed E-state index contributed by atoms with van der Waals surface area (Å²) in [5.41, 5.74) is 5.70. The number of thiophene rings is 1. The Morgan fingerprint density at radius 3 is 2.79 bits per heavy atom. The van der Waals surface area contributed by atoms with E-state index in [0.29, 0.717) is 13.1 Å². The van der Waals surface area contributed by atoms with Gasteiger partial charge in [-0.1, -0.05) is 17.3 Å². The molecule has 0 unspecified atom stereocenters. The highest BCUT2D eigenvalue weighted by molar-refractivity contribution is 7.17. The Bertz CT molecular complexity index is 1890. The fraction of sp³-hybridized carbons (Fsp3) is 0.394. The number of aryl methyl sites for hydroxylation is 2. The molecule has 0 amide bonds. The molecule has 0 bridgehead atoms. The fourth-order valence-corrected chi connectivity index (χ4v) is 7.66. The molecule has 10 heteroatoms. The predicted octanol–water partition coefficient (Wildman–Crippen LogP) is 5.85. The molecular formula is C33H35N5O4S. The monoisotopic (exact) mass is 597 g/mol. The minimum atomic E-state index is -0.870. The molecule has 0 radical (unpaired) electrons. The van der Waals surface area contributed by atoms with Gasteiger partial charge < -0.3 is 14.6 Å². The van der Waals surface area contributed by atoms with Crippen molar-refractivity contribution in [1.82, 2.24) is 24.9 Å². The van der Waals surface area contributed by atoms with E-state index in [0.717, 1.165) is 63.9 Å². The van der Waals surface area contributed by atoms with Crippen LogP contribution in [0.15, 0.2) is 47.8 Å². The van der Waals surface area contributed by atoms with Gasteiger partial charge >= 0.3 is 5.97 Å². The normalized spacial score (nSPS) is 17.0. The number of pyridine rings is 1. The maximum Gasteiger partial charge on any atom is 0.312 e. The average Bonchev–Trinajstić information content (AvgIpc) is 3.40. The van der Waals surface area contributed by atoms with E-state index >= 15 is 0 Å². The number of aromatic nitrogens is 4. The first-order chi connectivity index (χ1) is 20.6. The number of rotatable bonds is 6. The maximum absolute atomic E-state index is 13.4. The first-order valence-electron chi connectivity index (χ1n) is 14.6. The number of ether oxygens (including phenoxy) is 2. The molecule has 1 atom stereocenters. The zero-order valence-corrected chi connectivity index (χ0v) is 25.9. The summed E-state index contributed by atoms with van der Waals surface area (Å²) >= 11 is 1.73. The molecule has 43 heavy (non-hydrogen) atoms. The molecule has 1 spiro atoms. The summed E-state index contributed by atoms with van der Waals surface area (Å²) in [5, 5.41) is 22.1. The molecule has 7 rings (SSSR count). The topological polar surface area (TPSA) is 103 Å². The first kappa shape index (κ1) is 27.8. The lowest BCUT2D eigenvalue weighted by atomic mass is 9.69. The van der Waals surface area contributed by atoms with Gasteiger partial charge in [0.2, 0.25) is 5.88 Å². The van der Waals surface area contributed by atoms with Crippen LogP contribution >= 0.6 is 11.3 Å². The lowest BCUT2D eigenvalue weighted by Crippen LogP contribution is -2.35. The second kappa shape index (κ2) is 10.0. The van der Waals surface area contributed by atoms with Gasteiger partial charge in [-0.3, -0.25) is 9.69 Å². The van der Waals surface area contributed by atoms with Gasteiger partial charge in [-0.05, 0) is 90.9 Å². The Balaban J connectivity index is 1.35. The van der Waals surface area contributed by atoms with Crippen LogP contribution in [0.5, 0.6) is 11.6 Å². The molecule has 9 nitrogen and oxygen atoms in total. The lowest BCUT2D eigenvalue weighted by molar-refractivity contribution is -0.151. The Morgan fingerprint density at radius 1 is 1.21 bits per heavy atom. The van der Waals surface area contributed by atoms with Gasteiger partial charge in [0.1, 0.15) is 22.6 Å². The molecule has 1 aliphatic heterocycles. The summed E-state index contributed by atoms with van der Waals surface area (Å²) in [6.45, 7) is 8.00. The predicted molar refractivity (Wildman–Crippen MR) is 165 cm³/mol. The maximum atomic E-state index is 13.4. The van der Waals surface area contributed by atoms with Crippen molar-refractivity contribution in [2.45, 2.75) is 58.2 Å². The van der Waals surface area contributed by atoms with Crippen molar-refractivity contribution in [1.29, 1.82) is 0 Å². The van der Waals surface area contributed by atoms with Crippen LogP contribution in [0.4, 0.5) is 0 Å². The van der Waals surface area contributed by atoms with Crippen molar-refractivity contribution >= 4 is 38.4 Å². The highest BCUT2D eigenvalue weighted by Crippen LogP contribution is 2.47. The van der Waals surface area contributed by atoms with Gasteiger partial charge in [0.05, 0.1) is 18.0 Å². The smallest absolute Gasteiger partial charge is 0.312 e. The number of esters is 1. The van der Waals surface area contributed by atoms with E-state index in [1.807, 2.05) is 33.0 Å². The number of methoxy groups -OCH3 is 1. The molecular weight excluding hydrogens is 562 g/mol. The minimum Gasteiger partial charge on any atom is -0.493 e. The summed E-state index contributed by atoms with van der Waals surface area (Å²) in [7, 11) is 3.34. The number of hydrogen-bond acceptors (Lipinski definition) is 9. The van der Waals surface area contributed by atoms with Gasteiger partial charge in [0, 0.05) is 43.4 Å². The number of nitrogens with zero attached hydrogens (tertiary/aromatic N) is 5. The standard InChI is InChI=1S/C33H35N5O4S/c1-19-23(6-7-25-29(19)35-36-37(25)4)28(32(2,3)31(40)41-5)21-14-20-10-13-43-30(20)22(15-21)16-38-17-24-26(8-9-27(39)34-24)42-33(18-38)11-12-33/h6-10,13-15,28H,11-12,16-18H2,1-5H3,(H,34,39)/t28-/m1/s1. The Labute approximate surface area is 254 Å². The number of carbonyl (C=O) groups is 1. The number of hydrogen-bond donors (Lipinski definition) is 1. The SMILES string of the molecule is COC(=O)C(C)(C)[C@H](c1cc(CN2Cc3nc(O)ccc3OC3(CC3)C2)c2sccc2c1)c1ccc2c(nnn2C)c1C. The van der Waals surface area contributed by atoms with Crippen LogP contribution in [0.25, 0.3) is 21.1 Å². The minimum absolute atomic E-state index is 0.0000182. The molecule has 2 aromatic carbocycles. The van der Waals surface area contributed by atoms with Crippen LogP contribution < -0.4 is 4.74 Å². The number of aromatic hydroxyl groups is 1. The second-order valence-corrected chi connectivity index (χ2v) is 13.5. The van der Waals surface area contributed by atoms with E-state index in [4.69, 9.17) is 9.47 Å². The molecule has 0 saturated heterocycles. The van der Waals surface area contributed by atoms with Crippen LogP contribution in [-0.4, -0.2) is 55.2 Å². The molecule has 1 N–H and O–H groups in total. The molecule has 1 aliphatic carbocycles. The third-order valence-electron chi connectivity index (χ3n) is 9.14. The molecule has 5 aromatic rings. The zero-order chi connectivity index (χ0) is 30.1. The summed E-state index contributed by atoms with van der Waals surface area (Å²) in [6.07, 6.45) is 2.00. The van der Waals surface area contributed by atoms with Gasteiger partial charge in [-0.25, -0.2) is 9.67 Å². The second-order valence-electron chi connectivity index (χ2n) is 12.6. The van der Waals surface area contributed by atoms with Crippen molar-refractivity contribution < 1.29 is 19.4 Å². The molecule has 2 aliphatic rings. The van der Waals surface area contributed by atoms with Crippen LogP contribution in [0.3, 0.4) is 0 Å². The van der Waals surface area contributed by atoms with Crippen molar-refractivity contribution in [3.05, 3.63) is 75.8 Å². The third kappa shape index (κ3) is 4.73. The van der Waals surface area contributed by atoms with Gasteiger partial charge in [-0.15, -0.1) is 16.4 Å². The van der Waals surface area contributed by atoms with Crippen LogP contribution in [0.1, 0.15) is 60.6 Å². The molecule has 1 saturated carbocycles.